The summed E-state index contributed by atoms with van der Waals surface area (Å²) in [4.78, 5) is 27.8. The lowest BCUT2D eigenvalue weighted by Crippen LogP contribution is -2.55. The Bertz CT molecular complexity index is 552. The van der Waals surface area contributed by atoms with Gasteiger partial charge in [0.1, 0.15) is 5.82 Å². The number of carbonyl (C=O) groups is 2. The van der Waals surface area contributed by atoms with Crippen LogP contribution in [-0.4, -0.2) is 36.3 Å². The molecule has 1 saturated carbocycles. The van der Waals surface area contributed by atoms with Crippen molar-refractivity contribution in [1.82, 2.24) is 4.90 Å². The Kier molecular flexibility index (Phi) is 4.41. The van der Waals surface area contributed by atoms with Crippen molar-refractivity contribution in [2.45, 2.75) is 32.1 Å². The highest BCUT2D eigenvalue weighted by Crippen LogP contribution is 2.26. The van der Waals surface area contributed by atoms with E-state index in [4.69, 9.17) is 0 Å². The van der Waals surface area contributed by atoms with Gasteiger partial charge < -0.3 is 9.80 Å². The molecule has 3 rings (SSSR count). The fraction of sp³-hybridized carbons (Fsp3) is 0.529. The first-order valence-electron chi connectivity index (χ1n) is 8.01. The monoisotopic (exact) mass is 304 g/mol. The third kappa shape index (κ3) is 3.13. The molecule has 1 aliphatic heterocycles. The average molecular weight is 304 g/mol. The second-order valence-corrected chi connectivity index (χ2v) is 6.19. The molecular weight excluding hydrogens is 283 g/mol. The van der Waals surface area contributed by atoms with Gasteiger partial charge in [-0.2, -0.15) is 0 Å². The van der Waals surface area contributed by atoms with E-state index in [1.807, 2.05) is 0 Å². The Morgan fingerprint density at radius 3 is 2.32 bits per heavy atom. The molecule has 118 valence electrons. The molecule has 2 aliphatic rings. The van der Waals surface area contributed by atoms with Gasteiger partial charge in [0.05, 0.1) is 0 Å². The summed E-state index contributed by atoms with van der Waals surface area (Å²) >= 11 is 0. The summed E-state index contributed by atoms with van der Waals surface area (Å²) < 4.78 is 13.0. The Morgan fingerprint density at radius 1 is 0.955 bits per heavy atom. The molecule has 0 radical (unpaired) electrons. The van der Waals surface area contributed by atoms with Crippen LogP contribution in [0.2, 0.25) is 0 Å². The minimum absolute atomic E-state index is 0.349. The minimum Gasteiger partial charge on any atom is -0.332 e. The van der Waals surface area contributed by atoms with E-state index in [9.17, 15) is 14.0 Å². The second kappa shape index (κ2) is 6.46. The summed E-state index contributed by atoms with van der Waals surface area (Å²) in [5, 5.41) is 0. The summed E-state index contributed by atoms with van der Waals surface area (Å²) in [6.07, 6.45) is 6.03. The molecule has 2 fully saturated rings. The van der Waals surface area contributed by atoms with Gasteiger partial charge in [-0.1, -0.05) is 19.3 Å². The van der Waals surface area contributed by atoms with E-state index in [0.29, 0.717) is 31.2 Å². The van der Waals surface area contributed by atoms with Crippen LogP contribution in [0.15, 0.2) is 24.3 Å². The van der Waals surface area contributed by atoms with Crippen LogP contribution in [-0.2, 0) is 9.59 Å². The molecule has 1 heterocycles. The van der Waals surface area contributed by atoms with E-state index in [2.05, 4.69) is 0 Å². The molecule has 0 N–H and O–H groups in total. The number of benzene rings is 1. The maximum atomic E-state index is 13.0. The highest BCUT2D eigenvalue weighted by Gasteiger charge is 2.34. The van der Waals surface area contributed by atoms with Crippen LogP contribution >= 0.6 is 0 Å². The number of piperazine rings is 1. The average Bonchev–Trinajstić information content (AvgIpc) is 2.54. The van der Waals surface area contributed by atoms with Crippen LogP contribution in [0, 0.1) is 11.7 Å². The zero-order valence-corrected chi connectivity index (χ0v) is 12.6. The molecule has 0 spiro atoms. The quantitative estimate of drug-likeness (QED) is 0.805. The molecular formula is C17H21FN2O2. The third-order valence-corrected chi connectivity index (χ3v) is 4.65. The molecule has 22 heavy (non-hydrogen) atoms. The van der Waals surface area contributed by atoms with Crippen molar-refractivity contribution in [1.29, 1.82) is 0 Å². The summed E-state index contributed by atoms with van der Waals surface area (Å²) in [6, 6.07) is 5.69. The predicted octanol–water partition coefficient (Wildman–Crippen LogP) is 2.58. The van der Waals surface area contributed by atoms with Crippen molar-refractivity contribution in [2.24, 2.45) is 5.92 Å². The Hall–Kier alpha value is -1.91. The van der Waals surface area contributed by atoms with E-state index in [-0.39, 0.29) is 5.82 Å². The summed E-state index contributed by atoms with van der Waals surface area (Å²) in [5.74, 6) is -0.754. The van der Waals surface area contributed by atoms with E-state index in [0.717, 1.165) is 12.8 Å². The molecule has 4 nitrogen and oxygen atoms in total. The zero-order valence-electron chi connectivity index (χ0n) is 12.6. The molecule has 0 bridgehead atoms. The predicted molar refractivity (Wildman–Crippen MR) is 81.9 cm³/mol. The van der Waals surface area contributed by atoms with Gasteiger partial charge in [0, 0.05) is 25.3 Å². The first-order valence-corrected chi connectivity index (χ1v) is 8.01. The molecule has 0 aromatic heterocycles. The number of amides is 2. The lowest BCUT2D eigenvalue weighted by atomic mass is 9.89. The number of hydrogen-bond acceptors (Lipinski definition) is 2. The molecule has 2 amide bonds. The summed E-state index contributed by atoms with van der Waals surface area (Å²) in [6.45, 7) is 1.73. The largest absolute Gasteiger partial charge is 0.332 e. The van der Waals surface area contributed by atoms with E-state index >= 15 is 0 Å². The van der Waals surface area contributed by atoms with Crippen LogP contribution in [0.3, 0.4) is 0 Å². The van der Waals surface area contributed by atoms with Crippen molar-refractivity contribution < 1.29 is 14.0 Å². The Balaban J connectivity index is 1.65. The van der Waals surface area contributed by atoms with Gasteiger partial charge in [-0.25, -0.2) is 4.39 Å². The van der Waals surface area contributed by atoms with Crippen LogP contribution in [0.4, 0.5) is 10.1 Å². The van der Waals surface area contributed by atoms with Gasteiger partial charge in [0.25, 0.3) is 0 Å². The zero-order chi connectivity index (χ0) is 15.5. The molecule has 0 unspecified atom stereocenters. The number of carbonyl (C=O) groups excluding carboxylic acids is 2. The van der Waals surface area contributed by atoms with Gasteiger partial charge in [-0.3, -0.25) is 9.59 Å². The lowest BCUT2D eigenvalue weighted by Gasteiger charge is -2.36. The Morgan fingerprint density at radius 2 is 1.64 bits per heavy atom. The van der Waals surface area contributed by atoms with Crippen LogP contribution in [0.5, 0.6) is 0 Å². The normalized spacial score (nSPS) is 20.6. The molecule has 1 saturated heterocycles. The summed E-state index contributed by atoms with van der Waals surface area (Å²) in [5.41, 5.74) is 0.581. The number of hydrogen-bond donors (Lipinski definition) is 0. The topological polar surface area (TPSA) is 40.6 Å². The standard InChI is InChI=1S/C17H21FN2O2/c18-14-6-8-15(9-7-14)20-11-10-19(16(21)17(20)22)12-13-4-2-1-3-5-13/h6-9,13H,1-5,10-12H2. The van der Waals surface area contributed by atoms with Crippen molar-refractivity contribution in [3.8, 4) is 0 Å². The van der Waals surface area contributed by atoms with Crippen LogP contribution in [0.1, 0.15) is 32.1 Å². The van der Waals surface area contributed by atoms with Crippen molar-refractivity contribution in [3.05, 3.63) is 30.1 Å². The van der Waals surface area contributed by atoms with E-state index in [1.54, 1.807) is 4.90 Å². The first kappa shape index (κ1) is 15.0. The maximum Gasteiger partial charge on any atom is 0.316 e. The molecule has 5 heteroatoms. The lowest BCUT2D eigenvalue weighted by molar-refractivity contribution is -0.146. The van der Waals surface area contributed by atoms with Gasteiger partial charge in [0.2, 0.25) is 0 Å². The smallest absolute Gasteiger partial charge is 0.316 e. The highest BCUT2D eigenvalue weighted by molar-refractivity contribution is 6.40. The van der Waals surface area contributed by atoms with Crippen LogP contribution < -0.4 is 4.90 Å². The first-order chi connectivity index (χ1) is 10.6. The summed E-state index contributed by atoms with van der Waals surface area (Å²) in [7, 11) is 0. The van der Waals surface area contributed by atoms with Gasteiger partial charge in [-0.05, 0) is 43.0 Å². The number of rotatable bonds is 3. The minimum atomic E-state index is -0.506. The fourth-order valence-corrected chi connectivity index (χ4v) is 3.40. The maximum absolute atomic E-state index is 13.0. The SMILES string of the molecule is O=C1C(=O)N(c2ccc(F)cc2)CCN1CC1CCCCC1. The van der Waals surface area contributed by atoms with Crippen LogP contribution in [0.25, 0.3) is 0 Å². The second-order valence-electron chi connectivity index (χ2n) is 6.19. The fourth-order valence-electron chi connectivity index (χ4n) is 3.40. The molecule has 1 aromatic carbocycles. The van der Waals surface area contributed by atoms with Crippen molar-refractivity contribution >= 4 is 17.5 Å². The molecule has 1 aromatic rings. The highest BCUT2D eigenvalue weighted by atomic mass is 19.1. The molecule has 0 atom stereocenters. The van der Waals surface area contributed by atoms with E-state index in [1.165, 1.54) is 48.4 Å². The number of halogens is 1. The number of anilines is 1. The van der Waals surface area contributed by atoms with Crippen molar-refractivity contribution in [2.75, 3.05) is 24.5 Å². The molecule has 1 aliphatic carbocycles. The third-order valence-electron chi connectivity index (χ3n) is 4.65. The van der Waals surface area contributed by atoms with Crippen molar-refractivity contribution in [3.63, 3.8) is 0 Å². The Labute approximate surface area is 129 Å². The van der Waals surface area contributed by atoms with Gasteiger partial charge >= 0.3 is 11.8 Å². The van der Waals surface area contributed by atoms with E-state index < -0.39 is 11.8 Å². The van der Waals surface area contributed by atoms with Gasteiger partial charge in [0.15, 0.2) is 0 Å². The number of nitrogens with zero attached hydrogens (tertiary/aromatic N) is 2. The van der Waals surface area contributed by atoms with Gasteiger partial charge in [-0.15, -0.1) is 0 Å².